The van der Waals surface area contributed by atoms with Crippen molar-refractivity contribution in [1.29, 1.82) is 5.26 Å². The quantitative estimate of drug-likeness (QED) is 0.744. The molecule has 4 nitrogen and oxygen atoms in total. The zero-order valence-corrected chi connectivity index (χ0v) is 11.5. The smallest absolute Gasteiger partial charge is 0.242 e. The Balaban J connectivity index is 2.78. The first kappa shape index (κ1) is 14.0. The van der Waals surface area contributed by atoms with E-state index in [1.165, 1.54) is 0 Å². The molecule has 96 valence electrons. The van der Waals surface area contributed by atoms with Crippen LogP contribution in [0.25, 0.3) is 0 Å². The minimum atomic E-state index is -0.903. The van der Waals surface area contributed by atoms with Crippen LogP contribution in [-0.4, -0.2) is 48.9 Å². The van der Waals surface area contributed by atoms with Gasteiger partial charge in [0, 0.05) is 19.1 Å². The summed E-state index contributed by atoms with van der Waals surface area (Å²) in [4.78, 5) is 16.2. The summed E-state index contributed by atoms with van der Waals surface area (Å²) in [5.74, 6) is 0.478. The molecule has 2 atom stereocenters. The molecule has 1 rings (SSSR count). The maximum atomic E-state index is 12.2. The Hall–Kier alpha value is -1.08. The molecule has 0 aromatic carbocycles. The van der Waals surface area contributed by atoms with Gasteiger partial charge in [-0.2, -0.15) is 5.26 Å². The molecule has 0 bridgehead atoms. The van der Waals surface area contributed by atoms with Crippen LogP contribution in [0.3, 0.4) is 0 Å². The number of hydrogen-bond acceptors (Lipinski definition) is 3. The number of rotatable bonds is 3. The molecule has 1 fully saturated rings. The van der Waals surface area contributed by atoms with Crippen molar-refractivity contribution in [3.05, 3.63) is 0 Å². The average molecular weight is 237 g/mol. The number of carbonyl (C=O) groups is 1. The maximum Gasteiger partial charge on any atom is 0.242 e. The Labute approximate surface area is 104 Å². The molecule has 4 heteroatoms. The van der Waals surface area contributed by atoms with E-state index in [1.807, 2.05) is 4.90 Å². The summed E-state index contributed by atoms with van der Waals surface area (Å²) in [6, 6.07) is 2.51. The monoisotopic (exact) mass is 237 g/mol. The van der Waals surface area contributed by atoms with Crippen LogP contribution in [-0.2, 0) is 4.79 Å². The predicted octanol–water partition coefficient (Wildman–Crippen LogP) is 1.33. The van der Waals surface area contributed by atoms with Crippen molar-refractivity contribution in [2.75, 3.05) is 27.2 Å². The third-order valence-corrected chi connectivity index (χ3v) is 3.70. The number of nitriles is 1. The van der Waals surface area contributed by atoms with Gasteiger partial charge in [0.2, 0.25) is 5.91 Å². The summed E-state index contributed by atoms with van der Waals surface area (Å²) in [6.07, 6.45) is 1.07. The van der Waals surface area contributed by atoms with E-state index in [-0.39, 0.29) is 5.91 Å². The van der Waals surface area contributed by atoms with Crippen molar-refractivity contribution in [3.8, 4) is 6.07 Å². The lowest BCUT2D eigenvalue weighted by Crippen LogP contribution is -2.40. The zero-order chi connectivity index (χ0) is 13.2. The van der Waals surface area contributed by atoms with Crippen molar-refractivity contribution in [2.45, 2.75) is 33.2 Å². The van der Waals surface area contributed by atoms with Crippen LogP contribution in [0.15, 0.2) is 0 Å². The van der Waals surface area contributed by atoms with E-state index in [2.05, 4.69) is 32.0 Å². The number of likely N-dealkylation sites (tertiary alicyclic amines) is 1. The van der Waals surface area contributed by atoms with E-state index in [0.717, 1.165) is 19.5 Å². The molecule has 1 aliphatic heterocycles. The van der Waals surface area contributed by atoms with Crippen LogP contribution in [0.4, 0.5) is 0 Å². The third kappa shape index (κ3) is 2.78. The van der Waals surface area contributed by atoms with E-state index in [1.54, 1.807) is 13.8 Å². The highest BCUT2D eigenvalue weighted by Gasteiger charge is 2.40. The second-order valence-corrected chi connectivity index (χ2v) is 5.65. The van der Waals surface area contributed by atoms with Crippen molar-refractivity contribution in [1.82, 2.24) is 9.80 Å². The molecule has 0 aromatic heterocycles. The van der Waals surface area contributed by atoms with Crippen molar-refractivity contribution >= 4 is 5.91 Å². The van der Waals surface area contributed by atoms with E-state index in [0.29, 0.717) is 12.0 Å². The minimum absolute atomic E-state index is 0.0391. The summed E-state index contributed by atoms with van der Waals surface area (Å²) in [7, 11) is 4.10. The van der Waals surface area contributed by atoms with E-state index >= 15 is 0 Å². The molecule has 0 spiro atoms. The summed E-state index contributed by atoms with van der Waals surface area (Å²) in [5.41, 5.74) is -0.903. The summed E-state index contributed by atoms with van der Waals surface area (Å²) < 4.78 is 0. The Morgan fingerprint density at radius 2 is 2.06 bits per heavy atom. The fraction of sp³-hybridized carbons (Fsp3) is 0.846. The molecular formula is C13H23N3O. The van der Waals surface area contributed by atoms with Gasteiger partial charge in [-0.25, -0.2) is 0 Å². The molecule has 1 amide bonds. The molecule has 1 aliphatic rings. The Bertz CT molecular complexity index is 330. The van der Waals surface area contributed by atoms with Gasteiger partial charge in [-0.15, -0.1) is 0 Å². The van der Waals surface area contributed by atoms with Crippen LogP contribution >= 0.6 is 0 Å². The number of hydrogen-bond donors (Lipinski definition) is 0. The van der Waals surface area contributed by atoms with Crippen LogP contribution in [0.1, 0.15) is 27.2 Å². The van der Waals surface area contributed by atoms with E-state index in [4.69, 9.17) is 5.26 Å². The second-order valence-electron chi connectivity index (χ2n) is 5.65. The highest BCUT2D eigenvalue weighted by atomic mass is 16.2. The molecule has 2 unspecified atom stereocenters. The topological polar surface area (TPSA) is 47.3 Å². The fourth-order valence-electron chi connectivity index (χ4n) is 2.45. The summed E-state index contributed by atoms with van der Waals surface area (Å²) >= 11 is 0. The first-order valence-corrected chi connectivity index (χ1v) is 6.20. The van der Waals surface area contributed by atoms with Crippen LogP contribution in [0.2, 0.25) is 0 Å². The lowest BCUT2D eigenvalue weighted by Gasteiger charge is -2.25. The van der Waals surface area contributed by atoms with Gasteiger partial charge in [-0.05, 0) is 33.9 Å². The lowest BCUT2D eigenvalue weighted by molar-refractivity contribution is -0.136. The van der Waals surface area contributed by atoms with E-state index < -0.39 is 5.41 Å². The van der Waals surface area contributed by atoms with Crippen LogP contribution in [0, 0.1) is 22.7 Å². The first-order valence-electron chi connectivity index (χ1n) is 6.20. The first-order chi connectivity index (χ1) is 7.83. The fourth-order valence-corrected chi connectivity index (χ4v) is 2.45. The van der Waals surface area contributed by atoms with Gasteiger partial charge in [0.05, 0.1) is 6.07 Å². The predicted molar refractivity (Wildman–Crippen MR) is 67.2 cm³/mol. The number of nitrogens with zero attached hydrogens (tertiary/aromatic N) is 3. The second kappa shape index (κ2) is 5.05. The Morgan fingerprint density at radius 3 is 2.41 bits per heavy atom. The highest BCUT2D eigenvalue weighted by Crippen LogP contribution is 2.27. The minimum Gasteiger partial charge on any atom is -0.339 e. The van der Waals surface area contributed by atoms with Gasteiger partial charge in [0.25, 0.3) is 0 Å². The molecule has 0 radical (unpaired) electrons. The highest BCUT2D eigenvalue weighted by molar-refractivity contribution is 5.84. The SMILES string of the molecule is CCC1CN(C(=O)C(C)(C)C#N)CC1N(C)C. The molecule has 1 saturated heterocycles. The van der Waals surface area contributed by atoms with Gasteiger partial charge < -0.3 is 9.80 Å². The molecule has 17 heavy (non-hydrogen) atoms. The van der Waals surface area contributed by atoms with Gasteiger partial charge >= 0.3 is 0 Å². The molecule has 0 saturated carbocycles. The summed E-state index contributed by atoms with van der Waals surface area (Å²) in [6.45, 7) is 7.07. The van der Waals surface area contributed by atoms with E-state index in [9.17, 15) is 4.79 Å². The normalized spacial score (nSPS) is 25.1. The molecule has 0 aliphatic carbocycles. The largest absolute Gasteiger partial charge is 0.339 e. The van der Waals surface area contributed by atoms with Gasteiger partial charge in [0.15, 0.2) is 0 Å². The number of carbonyl (C=O) groups excluding carboxylic acids is 1. The standard InChI is InChI=1S/C13H23N3O/c1-6-10-7-16(8-11(10)15(4)5)12(17)13(2,3)9-14/h10-11H,6-8H2,1-5H3. The van der Waals surface area contributed by atoms with Crippen molar-refractivity contribution < 1.29 is 4.79 Å². The average Bonchev–Trinajstić information content (AvgIpc) is 2.71. The number of likely N-dealkylation sites (N-methyl/N-ethyl adjacent to an activating group) is 1. The molecular weight excluding hydrogens is 214 g/mol. The van der Waals surface area contributed by atoms with Gasteiger partial charge in [-0.1, -0.05) is 13.3 Å². The van der Waals surface area contributed by atoms with Gasteiger partial charge in [-0.3, -0.25) is 4.79 Å². The third-order valence-electron chi connectivity index (χ3n) is 3.70. The molecule has 0 N–H and O–H groups in total. The molecule has 1 heterocycles. The Morgan fingerprint density at radius 1 is 1.47 bits per heavy atom. The van der Waals surface area contributed by atoms with Crippen molar-refractivity contribution in [3.63, 3.8) is 0 Å². The van der Waals surface area contributed by atoms with Crippen molar-refractivity contribution in [2.24, 2.45) is 11.3 Å². The van der Waals surface area contributed by atoms with Crippen LogP contribution < -0.4 is 0 Å². The maximum absolute atomic E-state index is 12.2. The number of amides is 1. The van der Waals surface area contributed by atoms with Gasteiger partial charge in [0.1, 0.15) is 5.41 Å². The Kier molecular flexibility index (Phi) is 4.16. The zero-order valence-electron chi connectivity index (χ0n) is 11.5. The lowest BCUT2D eigenvalue weighted by atomic mass is 9.94. The van der Waals surface area contributed by atoms with Crippen LogP contribution in [0.5, 0.6) is 0 Å². The summed E-state index contributed by atoms with van der Waals surface area (Å²) in [5, 5.41) is 9.02. The molecule has 0 aromatic rings.